The molecule has 1 heterocycles. The third-order valence-corrected chi connectivity index (χ3v) is 3.81. The summed E-state index contributed by atoms with van der Waals surface area (Å²) >= 11 is 0. The van der Waals surface area contributed by atoms with E-state index in [0.717, 1.165) is 37.8 Å². The Morgan fingerprint density at radius 3 is 2.60 bits per heavy atom. The topological polar surface area (TPSA) is 61.8 Å². The molecular formula is C19H35N5O. The highest BCUT2D eigenvalue weighted by Crippen LogP contribution is 2.06. The summed E-state index contributed by atoms with van der Waals surface area (Å²) in [4.78, 5) is 11.2. The van der Waals surface area contributed by atoms with E-state index in [1.165, 1.54) is 0 Å². The zero-order valence-corrected chi connectivity index (χ0v) is 16.5. The molecular weight excluding hydrogens is 314 g/mol. The summed E-state index contributed by atoms with van der Waals surface area (Å²) in [6, 6.07) is 4.91. The van der Waals surface area contributed by atoms with Crippen LogP contribution in [0.25, 0.3) is 0 Å². The number of pyridine rings is 1. The Morgan fingerprint density at radius 2 is 2.00 bits per heavy atom. The molecule has 2 N–H and O–H groups in total. The molecule has 0 atom stereocenters. The fourth-order valence-corrected chi connectivity index (χ4v) is 2.67. The SMILES string of the molecule is CCNC(=NCCCN(C(C)C)C(C)C)NCCOc1cccnc1. The summed E-state index contributed by atoms with van der Waals surface area (Å²) < 4.78 is 5.63. The van der Waals surface area contributed by atoms with Gasteiger partial charge in [-0.1, -0.05) is 0 Å². The van der Waals surface area contributed by atoms with Gasteiger partial charge in [-0.15, -0.1) is 0 Å². The van der Waals surface area contributed by atoms with Gasteiger partial charge < -0.3 is 15.4 Å². The summed E-state index contributed by atoms with van der Waals surface area (Å²) in [5.74, 6) is 1.63. The quantitative estimate of drug-likeness (QED) is 0.365. The highest BCUT2D eigenvalue weighted by atomic mass is 16.5. The van der Waals surface area contributed by atoms with Crippen LogP contribution >= 0.6 is 0 Å². The van der Waals surface area contributed by atoms with Crippen molar-refractivity contribution in [2.24, 2.45) is 4.99 Å². The fourth-order valence-electron chi connectivity index (χ4n) is 2.67. The molecule has 6 heteroatoms. The number of aliphatic imine (C=N–C) groups is 1. The molecule has 6 nitrogen and oxygen atoms in total. The van der Waals surface area contributed by atoms with Gasteiger partial charge in [0, 0.05) is 37.9 Å². The van der Waals surface area contributed by atoms with E-state index in [9.17, 15) is 0 Å². The lowest BCUT2D eigenvalue weighted by molar-refractivity contribution is 0.174. The second-order valence-electron chi connectivity index (χ2n) is 6.50. The van der Waals surface area contributed by atoms with Gasteiger partial charge in [0.2, 0.25) is 0 Å². The van der Waals surface area contributed by atoms with Crippen LogP contribution in [0.5, 0.6) is 5.75 Å². The molecule has 25 heavy (non-hydrogen) atoms. The van der Waals surface area contributed by atoms with E-state index in [1.54, 1.807) is 12.4 Å². The number of hydrogen-bond acceptors (Lipinski definition) is 4. The van der Waals surface area contributed by atoms with Gasteiger partial charge in [0.1, 0.15) is 12.4 Å². The van der Waals surface area contributed by atoms with Crippen molar-refractivity contribution in [3.63, 3.8) is 0 Å². The van der Waals surface area contributed by atoms with Crippen LogP contribution in [-0.4, -0.2) is 60.7 Å². The Hall–Kier alpha value is -1.82. The number of aromatic nitrogens is 1. The third-order valence-electron chi connectivity index (χ3n) is 3.81. The summed E-state index contributed by atoms with van der Waals surface area (Å²) in [7, 11) is 0. The molecule has 0 aliphatic carbocycles. The minimum atomic E-state index is 0.569. The van der Waals surface area contributed by atoms with E-state index >= 15 is 0 Å². The zero-order chi connectivity index (χ0) is 18.5. The van der Waals surface area contributed by atoms with Crippen LogP contribution in [0.15, 0.2) is 29.5 Å². The van der Waals surface area contributed by atoms with E-state index < -0.39 is 0 Å². The first-order chi connectivity index (χ1) is 12.0. The van der Waals surface area contributed by atoms with Crippen LogP contribution in [0.2, 0.25) is 0 Å². The molecule has 142 valence electrons. The lowest BCUT2D eigenvalue weighted by atomic mass is 10.2. The molecule has 0 saturated carbocycles. The van der Waals surface area contributed by atoms with Gasteiger partial charge in [0.25, 0.3) is 0 Å². The Bertz CT molecular complexity index is 468. The van der Waals surface area contributed by atoms with E-state index in [1.807, 2.05) is 12.1 Å². The molecule has 1 aromatic rings. The second-order valence-corrected chi connectivity index (χ2v) is 6.50. The smallest absolute Gasteiger partial charge is 0.191 e. The highest BCUT2D eigenvalue weighted by molar-refractivity contribution is 5.79. The minimum absolute atomic E-state index is 0.569. The second kappa shape index (κ2) is 12.5. The van der Waals surface area contributed by atoms with Crippen LogP contribution in [-0.2, 0) is 0 Å². The summed E-state index contributed by atoms with van der Waals surface area (Å²) in [6.07, 6.45) is 4.51. The number of nitrogens with one attached hydrogen (secondary N) is 2. The average molecular weight is 350 g/mol. The predicted octanol–water partition coefficient (Wildman–Crippen LogP) is 2.52. The van der Waals surface area contributed by atoms with Gasteiger partial charge in [0.15, 0.2) is 5.96 Å². The van der Waals surface area contributed by atoms with Crippen LogP contribution in [0, 0.1) is 0 Å². The van der Waals surface area contributed by atoms with Gasteiger partial charge in [-0.2, -0.15) is 0 Å². The van der Waals surface area contributed by atoms with E-state index in [0.29, 0.717) is 25.2 Å². The molecule has 0 aromatic carbocycles. The molecule has 0 fully saturated rings. The molecule has 0 amide bonds. The molecule has 0 unspecified atom stereocenters. The molecule has 0 radical (unpaired) electrons. The van der Waals surface area contributed by atoms with Crippen molar-refractivity contribution in [2.75, 3.05) is 32.8 Å². The third kappa shape index (κ3) is 9.29. The van der Waals surface area contributed by atoms with Gasteiger partial charge in [-0.3, -0.25) is 14.9 Å². The van der Waals surface area contributed by atoms with Crippen LogP contribution in [0.3, 0.4) is 0 Å². The van der Waals surface area contributed by atoms with Crippen molar-refractivity contribution < 1.29 is 4.74 Å². The number of guanidine groups is 1. The maximum absolute atomic E-state index is 5.63. The van der Waals surface area contributed by atoms with Gasteiger partial charge in [-0.05, 0) is 53.2 Å². The van der Waals surface area contributed by atoms with Crippen molar-refractivity contribution >= 4 is 5.96 Å². The number of hydrogen-bond donors (Lipinski definition) is 2. The van der Waals surface area contributed by atoms with Crippen LogP contribution in [0.1, 0.15) is 41.0 Å². The first kappa shape index (κ1) is 21.2. The lowest BCUT2D eigenvalue weighted by Crippen LogP contribution is -2.40. The fraction of sp³-hybridized carbons (Fsp3) is 0.684. The molecule has 1 rings (SSSR count). The largest absolute Gasteiger partial charge is 0.490 e. The van der Waals surface area contributed by atoms with Gasteiger partial charge in [-0.25, -0.2) is 0 Å². The molecule has 0 bridgehead atoms. The summed E-state index contributed by atoms with van der Waals surface area (Å²) in [6.45, 7) is 15.1. The Balaban J connectivity index is 2.30. The Morgan fingerprint density at radius 1 is 1.24 bits per heavy atom. The summed E-state index contributed by atoms with van der Waals surface area (Å²) in [5.41, 5.74) is 0. The van der Waals surface area contributed by atoms with Crippen molar-refractivity contribution in [2.45, 2.75) is 53.1 Å². The first-order valence-corrected chi connectivity index (χ1v) is 9.35. The van der Waals surface area contributed by atoms with Crippen molar-refractivity contribution in [1.29, 1.82) is 0 Å². The van der Waals surface area contributed by atoms with Gasteiger partial charge in [0.05, 0.1) is 12.7 Å². The highest BCUT2D eigenvalue weighted by Gasteiger charge is 2.12. The molecule has 0 aliphatic rings. The maximum atomic E-state index is 5.63. The number of nitrogens with zero attached hydrogens (tertiary/aromatic N) is 3. The van der Waals surface area contributed by atoms with Crippen molar-refractivity contribution in [1.82, 2.24) is 20.5 Å². The van der Waals surface area contributed by atoms with Crippen molar-refractivity contribution in [3.05, 3.63) is 24.5 Å². The minimum Gasteiger partial charge on any atom is -0.490 e. The normalized spacial score (nSPS) is 12.1. The monoisotopic (exact) mass is 349 g/mol. The van der Waals surface area contributed by atoms with E-state index in [4.69, 9.17) is 4.74 Å². The average Bonchev–Trinajstić information content (AvgIpc) is 2.58. The Kier molecular flexibility index (Phi) is 10.6. The summed E-state index contributed by atoms with van der Waals surface area (Å²) in [5, 5.41) is 6.58. The van der Waals surface area contributed by atoms with E-state index in [-0.39, 0.29) is 0 Å². The molecule has 1 aromatic heterocycles. The van der Waals surface area contributed by atoms with Gasteiger partial charge >= 0.3 is 0 Å². The molecule has 0 spiro atoms. The first-order valence-electron chi connectivity index (χ1n) is 9.35. The molecule has 0 saturated heterocycles. The Labute approximate surface area is 153 Å². The van der Waals surface area contributed by atoms with Crippen molar-refractivity contribution in [3.8, 4) is 5.75 Å². The number of rotatable bonds is 11. The van der Waals surface area contributed by atoms with Crippen LogP contribution < -0.4 is 15.4 Å². The molecule has 0 aliphatic heterocycles. The predicted molar refractivity (Wildman–Crippen MR) is 105 cm³/mol. The lowest BCUT2D eigenvalue weighted by Gasteiger charge is -2.30. The zero-order valence-electron chi connectivity index (χ0n) is 16.5. The van der Waals surface area contributed by atoms with Crippen LogP contribution in [0.4, 0.5) is 0 Å². The maximum Gasteiger partial charge on any atom is 0.191 e. The standard InChI is InChI=1S/C19H35N5O/c1-6-21-19(22-11-8-13-24(16(2)3)17(4)5)23-12-14-25-18-9-7-10-20-15-18/h7,9-10,15-17H,6,8,11-14H2,1-5H3,(H2,21,22,23). The number of ether oxygens (including phenoxy) is 1. The van der Waals surface area contributed by atoms with E-state index in [2.05, 4.69) is 60.1 Å².